The lowest BCUT2D eigenvalue weighted by Crippen LogP contribution is -2.27. The van der Waals surface area contributed by atoms with Gasteiger partial charge >= 0.3 is 0 Å². The summed E-state index contributed by atoms with van der Waals surface area (Å²) in [7, 11) is 0. The number of aromatic amines is 1. The molecule has 1 aliphatic rings. The number of amidine groups is 1. The second-order valence-corrected chi connectivity index (χ2v) is 6.83. The highest BCUT2D eigenvalue weighted by atomic mass is 32.2. The highest BCUT2D eigenvalue weighted by Crippen LogP contribution is 2.36. The van der Waals surface area contributed by atoms with E-state index in [2.05, 4.69) is 21.8 Å². The van der Waals surface area contributed by atoms with E-state index < -0.39 is 0 Å². The smallest absolute Gasteiger partial charge is 0.273 e. The van der Waals surface area contributed by atoms with Crippen molar-refractivity contribution in [3.05, 3.63) is 64.8 Å². The number of nitrogens with one attached hydrogen (secondary N) is 2. The van der Waals surface area contributed by atoms with Gasteiger partial charge in [0.2, 0.25) is 0 Å². The molecule has 8 heteroatoms. The lowest BCUT2D eigenvalue weighted by molar-refractivity contribution is -0.113. The summed E-state index contributed by atoms with van der Waals surface area (Å²) in [6.07, 6.45) is 12.5. The van der Waals surface area contributed by atoms with Crippen molar-refractivity contribution in [2.75, 3.05) is 4.90 Å². The number of thiazole rings is 1. The molecule has 0 unspecified atom stereocenters. The summed E-state index contributed by atoms with van der Waals surface area (Å²) in [5.41, 5.74) is 2.40. The van der Waals surface area contributed by atoms with E-state index in [1.807, 2.05) is 25.2 Å². The molecule has 0 saturated carbocycles. The molecule has 6 nitrogen and oxygen atoms in total. The van der Waals surface area contributed by atoms with Crippen LogP contribution in [0.1, 0.15) is 18.2 Å². The van der Waals surface area contributed by atoms with E-state index in [4.69, 9.17) is 5.41 Å². The number of thioether (sulfide) groups is 1. The fraction of sp³-hybridized carbons (Fsp3) is 0.0588. The van der Waals surface area contributed by atoms with Crippen molar-refractivity contribution in [3.8, 4) is 0 Å². The molecule has 3 rings (SSSR count). The number of hydrogen-bond donors (Lipinski definition) is 2. The van der Waals surface area contributed by atoms with Crippen LogP contribution in [0.2, 0.25) is 0 Å². The van der Waals surface area contributed by atoms with Crippen LogP contribution in [0, 0.1) is 5.41 Å². The van der Waals surface area contributed by atoms with Crippen LogP contribution in [0.3, 0.4) is 0 Å². The van der Waals surface area contributed by atoms with E-state index in [0.29, 0.717) is 10.0 Å². The van der Waals surface area contributed by atoms with Gasteiger partial charge in [-0.05, 0) is 30.3 Å². The molecule has 2 N–H and O–H groups in total. The minimum atomic E-state index is -0.255. The maximum absolute atomic E-state index is 12.6. The van der Waals surface area contributed by atoms with Crippen molar-refractivity contribution in [1.82, 2.24) is 15.2 Å². The monoisotopic (exact) mass is 369 g/mol. The summed E-state index contributed by atoms with van der Waals surface area (Å²) < 4.78 is 0. The lowest BCUT2D eigenvalue weighted by atomic mass is 10.1. The standard InChI is InChI=1S/C17H15N5OS2/c1-3-5-6-11(4-2)14-12(10-20-21-14)9-13-15(23)22(16(18)25-13)17-19-7-8-24-17/h3-10,18H,2H2,1H3,(H,20,21)/b5-3-,11-6+,13-9-,18-16?. The van der Waals surface area contributed by atoms with Crippen molar-refractivity contribution < 1.29 is 4.79 Å². The number of anilines is 1. The van der Waals surface area contributed by atoms with Gasteiger partial charge < -0.3 is 0 Å². The number of H-pyrrole nitrogens is 1. The number of amides is 1. The Morgan fingerprint density at radius 1 is 1.48 bits per heavy atom. The largest absolute Gasteiger partial charge is 0.278 e. The van der Waals surface area contributed by atoms with Crippen LogP contribution in [0.15, 0.2) is 53.6 Å². The molecular formula is C17H15N5OS2. The number of rotatable bonds is 5. The molecule has 126 valence electrons. The molecule has 0 radical (unpaired) electrons. The Morgan fingerprint density at radius 3 is 3.00 bits per heavy atom. The van der Waals surface area contributed by atoms with Crippen LogP contribution in [0.4, 0.5) is 5.13 Å². The number of aromatic nitrogens is 3. The van der Waals surface area contributed by atoms with Crippen LogP contribution in [0.25, 0.3) is 11.6 Å². The van der Waals surface area contributed by atoms with Crippen LogP contribution in [-0.2, 0) is 4.79 Å². The molecule has 2 aromatic heterocycles. The maximum atomic E-state index is 12.6. The Balaban J connectivity index is 1.95. The number of nitrogens with zero attached hydrogens (tertiary/aromatic N) is 3. The van der Waals surface area contributed by atoms with Gasteiger partial charge in [-0.3, -0.25) is 15.3 Å². The Labute approximate surface area is 153 Å². The van der Waals surface area contributed by atoms with Crippen molar-refractivity contribution in [3.63, 3.8) is 0 Å². The Morgan fingerprint density at radius 2 is 2.32 bits per heavy atom. The second kappa shape index (κ2) is 7.45. The van der Waals surface area contributed by atoms with E-state index in [9.17, 15) is 4.79 Å². The summed E-state index contributed by atoms with van der Waals surface area (Å²) in [5, 5.41) is 17.5. The molecule has 0 aliphatic carbocycles. The molecule has 1 saturated heterocycles. The molecule has 0 bridgehead atoms. The molecule has 2 aromatic rings. The van der Waals surface area contributed by atoms with Gasteiger partial charge in [0.15, 0.2) is 10.3 Å². The minimum Gasteiger partial charge on any atom is -0.278 e. The summed E-state index contributed by atoms with van der Waals surface area (Å²) >= 11 is 2.43. The van der Waals surface area contributed by atoms with E-state index in [1.165, 1.54) is 16.2 Å². The van der Waals surface area contributed by atoms with Crippen LogP contribution < -0.4 is 4.90 Å². The molecule has 1 aliphatic heterocycles. The quantitative estimate of drug-likeness (QED) is 0.614. The Hall–Kier alpha value is -2.71. The Bertz CT molecular complexity index is 905. The van der Waals surface area contributed by atoms with Gasteiger partial charge in [0, 0.05) is 17.1 Å². The summed E-state index contributed by atoms with van der Waals surface area (Å²) in [6.45, 7) is 5.75. The molecule has 1 amide bonds. The molecule has 25 heavy (non-hydrogen) atoms. The molecule has 1 fully saturated rings. The van der Waals surface area contributed by atoms with Crippen molar-refractivity contribution in [2.45, 2.75) is 6.92 Å². The first kappa shape index (κ1) is 17.1. The van der Waals surface area contributed by atoms with Gasteiger partial charge in [-0.1, -0.05) is 30.9 Å². The van der Waals surface area contributed by atoms with E-state index in [-0.39, 0.29) is 11.1 Å². The van der Waals surface area contributed by atoms with Gasteiger partial charge in [-0.15, -0.1) is 11.3 Å². The van der Waals surface area contributed by atoms with Gasteiger partial charge in [-0.25, -0.2) is 9.88 Å². The number of allylic oxidation sites excluding steroid dienone is 5. The summed E-state index contributed by atoms with van der Waals surface area (Å²) in [5.74, 6) is -0.255. The van der Waals surface area contributed by atoms with Crippen LogP contribution in [-0.4, -0.2) is 26.3 Å². The fourth-order valence-corrected chi connectivity index (χ4v) is 3.75. The average molecular weight is 369 g/mol. The van der Waals surface area contributed by atoms with Crippen molar-refractivity contribution in [1.29, 1.82) is 5.41 Å². The summed E-state index contributed by atoms with van der Waals surface area (Å²) in [4.78, 5) is 18.5. The molecule has 3 heterocycles. The first-order chi connectivity index (χ1) is 12.2. The number of hydrogen-bond acceptors (Lipinski definition) is 6. The minimum absolute atomic E-state index is 0.143. The molecule has 0 atom stereocenters. The van der Waals surface area contributed by atoms with Crippen molar-refractivity contribution >= 4 is 51.0 Å². The van der Waals surface area contributed by atoms with Gasteiger partial charge in [0.1, 0.15) is 0 Å². The zero-order valence-corrected chi connectivity index (χ0v) is 15.0. The molecule has 0 spiro atoms. The normalized spacial score (nSPS) is 17.2. The fourth-order valence-electron chi connectivity index (χ4n) is 2.22. The predicted octanol–water partition coefficient (Wildman–Crippen LogP) is 4.07. The molecular weight excluding hydrogens is 354 g/mol. The third kappa shape index (κ3) is 3.40. The predicted molar refractivity (Wildman–Crippen MR) is 104 cm³/mol. The second-order valence-electron chi connectivity index (χ2n) is 4.92. The third-order valence-electron chi connectivity index (χ3n) is 3.37. The van der Waals surface area contributed by atoms with Gasteiger partial charge in [-0.2, -0.15) is 5.10 Å². The lowest BCUT2D eigenvalue weighted by Gasteiger charge is -2.08. The Kier molecular flexibility index (Phi) is 5.11. The first-order valence-corrected chi connectivity index (χ1v) is 9.06. The van der Waals surface area contributed by atoms with E-state index in [0.717, 1.165) is 28.6 Å². The van der Waals surface area contributed by atoms with Gasteiger partial charge in [0.25, 0.3) is 5.91 Å². The zero-order valence-electron chi connectivity index (χ0n) is 13.4. The highest BCUT2D eigenvalue weighted by molar-refractivity contribution is 8.19. The zero-order chi connectivity index (χ0) is 17.8. The number of carbonyl (C=O) groups is 1. The average Bonchev–Trinajstić information content (AvgIpc) is 3.32. The SMILES string of the molecule is C=C/C(=C\C=C/C)c1[nH]ncc1/C=C1\SC(=N)N(c2nccs2)C1=O. The van der Waals surface area contributed by atoms with E-state index in [1.54, 1.807) is 29.9 Å². The van der Waals surface area contributed by atoms with E-state index >= 15 is 0 Å². The highest BCUT2D eigenvalue weighted by Gasteiger charge is 2.35. The molecule has 0 aromatic carbocycles. The first-order valence-electron chi connectivity index (χ1n) is 7.37. The van der Waals surface area contributed by atoms with Crippen molar-refractivity contribution in [2.24, 2.45) is 0 Å². The summed E-state index contributed by atoms with van der Waals surface area (Å²) in [6, 6.07) is 0. The number of carbonyl (C=O) groups excluding carboxylic acids is 1. The van der Waals surface area contributed by atoms with Crippen LogP contribution >= 0.6 is 23.1 Å². The van der Waals surface area contributed by atoms with Gasteiger partial charge in [0.05, 0.1) is 16.8 Å². The van der Waals surface area contributed by atoms with Crippen LogP contribution in [0.5, 0.6) is 0 Å². The topological polar surface area (TPSA) is 85.7 Å². The maximum Gasteiger partial charge on any atom is 0.273 e. The third-order valence-corrected chi connectivity index (χ3v) is 5.01.